The summed E-state index contributed by atoms with van der Waals surface area (Å²) in [6.07, 6.45) is 3.71. The summed E-state index contributed by atoms with van der Waals surface area (Å²) in [6, 6.07) is 0. The van der Waals surface area contributed by atoms with Crippen LogP contribution in [0.25, 0.3) is 0 Å². The first-order valence-electron chi connectivity index (χ1n) is 2.63. The smallest absolute Gasteiger partial charge is 0.0395 e. The molecule has 0 radical (unpaired) electrons. The highest BCUT2D eigenvalue weighted by Crippen LogP contribution is 2.03. The molecule has 1 heteroatoms. The molecule has 0 heterocycles. The SMILES string of the molecule is C=C/C=C(/C)C(=C)C.F. The quantitative estimate of drug-likeness (QED) is 0.501. The minimum absolute atomic E-state index is 0. The second kappa shape index (κ2) is 5.29. The van der Waals surface area contributed by atoms with Gasteiger partial charge in [0.15, 0.2) is 0 Å². The van der Waals surface area contributed by atoms with E-state index in [0.717, 1.165) is 5.57 Å². The van der Waals surface area contributed by atoms with Gasteiger partial charge in [-0.25, -0.2) is 0 Å². The molecule has 0 bridgehead atoms. The van der Waals surface area contributed by atoms with Gasteiger partial charge < -0.3 is 0 Å². The minimum Gasteiger partial charge on any atom is -0.269 e. The summed E-state index contributed by atoms with van der Waals surface area (Å²) in [5, 5.41) is 0. The molecular formula is C8H13F. The Balaban J connectivity index is 0. The van der Waals surface area contributed by atoms with E-state index < -0.39 is 0 Å². The van der Waals surface area contributed by atoms with Crippen molar-refractivity contribution in [3.8, 4) is 0 Å². The van der Waals surface area contributed by atoms with Crippen LogP contribution in [0.4, 0.5) is 4.70 Å². The van der Waals surface area contributed by atoms with Gasteiger partial charge in [0, 0.05) is 0 Å². The zero-order valence-corrected chi connectivity index (χ0v) is 5.98. The van der Waals surface area contributed by atoms with Crippen LogP contribution in [0.15, 0.2) is 36.5 Å². The molecule has 0 saturated heterocycles. The highest BCUT2D eigenvalue weighted by molar-refractivity contribution is 5.26. The van der Waals surface area contributed by atoms with E-state index in [1.54, 1.807) is 6.08 Å². The monoisotopic (exact) mass is 128 g/mol. The average molecular weight is 128 g/mol. The van der Waals surface area contributed by atoms with Gasteiger partial charge >= 0.3 is 0 Å². The lowest BCUT2D eigenvalue weighted by molar-refractivity contribution is 1.11. The second-order valence-electron chi connectivity index (χ2n) is 1.87. The Kier molecular flexibility index (Phi) is 6.47. The van der Waals surface area contributed by atoms with E-state index in [-0.39, 0.29) is 4.70 Å². The van der Waals surface area contributed by atoms with Crippen LogP contribution >= 0.6 is 0 Å². The molecule has 0 atom stereocenters. The average Bonchev–Trinajstić information content (AvgIpc) is 1.67. The van der Waals surface area contributed by atoms with Crippen molar-refractivity contribution in [2.45, 2.75) is 13.8 Å². The summed E-state index contributed by atoms with van der Waals surface area (Å²) >= 11 is 0. The van der Waals surface area contributed by atoms with Crippen molar-refractivity contribution < 1.29 is 4.70 Å². The highest BCUT2D eigenvalue weighted by atomic mass is 19.0. The van der Waals surface area contributed by atoms with Crippen molar-refractivity contribution in [2.24, 2.45) is 0 Å². The highest BCUT2D eigenvalue weighted by Gasteiger charge is 1.82. The Morgan fingerprint density at radius 3 is 1.89 bits per heavy atom. The summed E-state index contributed by atoms with van der Waals surface area (Å²) in [5.74, 6) is 0. The number of halogens is 1. The number of hydrogen-bond acceptors (Lipinski definition) is 0. The lowest BCUT2D eigenvalue weighted by atomic mass is 10.1. The maximum absolute atomic E-state index is 3.76. The van der Waals surface area contributed by atoms with Crippen LogP contribution in [0.3, 0.4) is 0 Å². The lowest BCUT2D eigenvalue weighted by Crippen LogP contribution is -1.72. The third-order valence-electron chi connectivity index (χ3n) is 1.04. The van der Waals surface area contributed by atoms with Gasteiger partial charge in [-0.15, -0.1) is 0 Å². The molecule has 52 valence electrons. The van der Waals surface area contributed by atoms with Crippen LogP contribution in [-0.4, -0.2) is 0 Å². The summed E-state index contributed by atoms with van der Waals surface area (Å²) in [6.45, 7) is 11.3. The third kappa shape index (κ3) is 5.01. The molecule has 0 N–H and O–H groups in total. The van der Waals surface area contributed by atoms with Gasteiger partial charge in [-0.05, 0) is 19.4 Å². The van der Waals surface area contributed by atoms with Gasteiger partial charge in [0.25, 0.3) is 0 Å². The zero-order valence-electron chi connectivity index (χ0n) is 5.98. The van der Waals surface area contributed by atoms with Gasteiger partial charge in [-0.3, -0.25) is 4.70 Å². The predicted octanol–water partition coefficient (Wildman–Crippen LogP) is 2.85. The molecule has 0 nitrogen and oxygen atoms in total. The second-order valence-corrected chi connectivity index (χ2v) is 1.87. The van der Waals surface area contributed by atoms with Crippen LogP contribution < -0.4 is 0 Å². The van der Waals surface area contributed by atoms with Gasteiger partial charge in [0.2, 0.25) is 0 Å². The molecule has 0 aliphatic carbocycles. The lowest BCUT2D eigenvalue weighted by Gasteiger charge is -1.92. The first-order chi connectivity index (χ1) is 3.68. The molecule has 9 heavy (non-hydrogen) atoms. The fourth-order valence-electron chi connectivity index (χ4n) is 0.319. The molecule has 0 aliphatic rings. The van der Waals surface area contributed by atoms with E-state index in [1.165, 1.54) is 5.57 Å². The van der Waals surface area contributed by atoms with Crippen LogP contribution in [0.5, 0.6) is 0 Å². The summed E-state index contributed by atoms with van der Waals surface area (Å²) < 4.78 is 0. The molecule has 0 aliphatic heterocycles. The standard InChI is InChI=1S/C8H12.FH/c1-5-6-8(4)7(2)3;/h5-6H,1-2H2,3-4H3;1H/b8-6-;. The van der Waals surface area contributed by atoms with Crippen molar-refractivity contribution in [3.05, 3.63) is 36.5 Å². The van der Waals surface area contributed by atoms with Gasteiger partial charge in [0.05, 0.1) is 0 Å². The molecule has 0 aromatic carbocycles. The molecule has 0 spiro atoms. The van der Waals surface area contributed by atoms with Crippen molar-refractivity contribution in [2.75, 3.05) is 0 Å². The van der Waals surface area contributed by atoms with E-state index in [1.807, 2.05) is 19.9 Å². The van der Waals surface area contributed by atoms with Gasteiger partial charge in [0.1, 0.15) is 0 Å². The van der Waals surface area contributed by atoms with Crippen LogP contribution in [0.2, 0.25) is 0 Å². The van der Waals surface area contributed by atoms with Crippen molar-refractivity contribution in [1.82, 2.24) is 0 Å². The Morgan fingerprint density at radius 2 is 1.78 bits per heavy atom. The van der Waals surface area contributed by atoms with E-state index in [4.69, 9.17) is 0 Å². The van der Waals surface area contributed by atoms with Crippen LogP contribution in [0.1, 0.15) is 13.8 Å². The van der Waals surface area contributed by atoms with Gasteiger partial charge in [-0.2, -0.15) is 0 Å². The molecule has 0 fully saturated rings. The summed E-state index contributed by atoms with van der Waals surface area (Å²) in [5.41, 5.74) is 2.30. The first kappa shape index (κ1) is 11.0. The zero-order chi connectivity index (χ0) is 6.57. The summed E-state index contributed by atoms with van der Waals surface area (Å²) in [4.78, 5) is 0. The minimum atomic E-state index is 0. The van der Waals surface area contributed by atoms with Crippen LogP contribution in [-0.2, 0) is 0 Å². The van der Waals surface area contributed by atoms with Crippen molar-refractivity contribution in [1.29, 1.82) is 0 Å². The van der Waals surface area contributed by atoms with E-state index >= 15 is 0 Å². The van der Waals surface area contributed by atoms with E-state index in [2.05, 4.69) is 13.2 Å². The summed E-state index contributed by atoms with van der Waals surface area (Å²) in [7, 11) is 0. The number of allylic oxidation sites excluding steroid dienone is 4. The number of hydrogen-bond donors (Lipinski definition) is 0. The van der Waals surface area contributed by atoms with Crippen molar-refractivity contribution in [3.63, 3.8) is 0 Å². The predicted molar refractivity (Wildman–Crippen MR) is 41.3 cm³/mol. The Morgan fingerprint density at radius 1 is 1.33 bits per heavy atom. The Hall–Kier alpha value is -0.850. The normalized spacial score (nSPS) is 9.78. The topological polar surface area (TPSA) is 0 Å². The fourth-order valence-corrected chi connectivity index (χ4v) is 0.319. The molecule has 0 saturated carbocycles. The number of rotatable bonds is 2. The largest absolute Gasteiger partial charge is 0.269 e. The Labute approximate surface area is 56.0 Å². The fraction of sp³-hybridized carbons (Fsp3) is 0.250. The maximum Gasteiger partial charge on any atom is -0.0395 e. The molecule has 0 rings (SSSR count). The first-order valence-corrected chi connectivity index (χ1v) is 2.63. The van der Waals surface area contributed by atoms with E-state index in [0.29, 0.717) is 0 Å². The van der Waals surface area contributed by atoms with Crippen molar-refractivity contribution >= 4 is 0 Å². The van der Waals surface area contributed by atoms with Crippen LogP contribution in [0, 0.1) is 0 Å². The Bertz CT molecular complexity index is 132. The molecule has 0 aromatic rings. The molecular weight excluding hydrogens is 115 g/mol. The van der Waals surface area contributed by atoms with E-state index in [9.17, 15) is 0 Å². The maximum atomic E-state index is 3.76. The van der Waals surface area contributed by atoms with Gasteiger partial charge in [-0.1, -0.05) is 30.9 Å². The molecule has 0 unspecified atom stereocenters. The molecule has 0 aromatic heterocycles. The third-order valence-corrected chi connectivity index (χ3v) is 1.04. The molecule has 0 amide bonds.